The van der Waals surface area contributed by atoms with Crippen molar-refractivity contribution in [3.05, 3.63) is 34.4 Å². The number of esters is 1. The van der Waals surface area contributed by atoms with Gasteiger partial charge in [0.15, 0.2) is 0 Å². The summed E-state index contributed by atoms with van der Waals surface area (Å²) in [5.74, 6) is -0.0721. The Hall–Kier alpha value is -1.62. The van der Waals surface area contributed by atoms with E-state index >= 15 is 0 Å². The number of carbonyl (C=O) groups is 1. The maximum atomic E-state index is 11.5. The van der Waals surface area contributed by atoms with Crippen molar-refractivity contribution in [1.82, 2.24) is 0 Å². The number of non-ortho nitro benzene ring substituents is 1. The first-order chi connectivity index (χ1) is 7.66. The number of nitro groups is 1. The first kappa shape index (κ1) is 13.4. The zero-order valence-electron chi connectivity index (χ0n) is 9.00. The number of hydrogen-bond donors (Lipinski definition) is 0. The standard InChI is InChI=1S/C11H11NO4.ClH/c13-11(8-3-1-4-8)16-10-6-2-5-9(7-10)12(14)15;/h2,5-8H,1,3-4H2;1H. The molecule has 1 aromatic rings. The Morgan fingerprint density at radius 3 is 2.65 bits per heavy atom. The second-order valence-electron chi connectivity index (χ2n) is 3.80. The molecule has 0 saturated heterocycles. The topological polar surface area (TPSA) is 69.4 Å². The summed E-state index contributed by atoms with van der Waals surface area (Å²) >= 11 is 0. The number of rotatable bonds is 3. The van der Waals surface area contributed by atoms with Gasteiger partial charge in [-0.3, -0.25) is 14.9 Å². The molecule has 1 aliphatic rings. The minimum Gasteiger partial charge on any atom is -0.426 e. The van der Waals surface area contributed by atoms with Gasteiger partial charge in [-0.15, -0.1) is 12.4 Å². The Labute approximate surface area is 104 Å². The monoisotopic (exact) mass is 257 g/mol. The van der Waals surface area contributed by atoms with E-state index in [0.29, 0.717) is 0 Å². The lowest BCUT2D eigenvalue weighted by molar-refractivity contribution is -0.384. The van der Waals surface area contributed by atoms with Gasteiger partial charge < -0.3 is 4.74 Å². The van der Waals surface area contributed by atoms with Gasteiger partial charge >= 0.3 is 5.97 Å². The molecular weight excluding hydrogens is 246 g/mol. The van der Waals surface area contributed by atoms with Gasteiger partial charge in [0.05, 0.1) is 16.9 Å². The normalized spacial score (nSPS) is 14.4. The summed E-state index contributed by atoms with van der Waals surface area (Å²) in [6.45, 7) is 0. The molecule has 0 atom stereocenters. The molecule has 5 nitrogen and oxygen atoms in total. The molecule has 0 heterocycles. The van der Waals surface area contributed by atoms with Gasteiger partial charge in [0.2, 0.25) is 0 Å². The van der Waals surface area contributed by atoms with Crippen LogP contribution in [-0.4, -0.2) is 10.9 Å². The lowest BCUT2D eigenvalue weighted by Crippen LogP contribution is -2.26. The number of hydrogen-bond acceptors (Lipinski definition) is 4. The highest BCUT2D eigenvalue weighted by Crippen LogP contribution is 2.28. The van der Waals surface area contributed by atoms with E-state index in [-0.39, 0.29) is 35.7 Å². The zero-order valence-corrected chi connectivity index (χ0v) is 9.81. The van der Waals surface area contributed by atoms with Crippen LogP contribution in [0.2, 0.25) is 0 Å². The van der Waals surface area contributed by atoms with Crippen LogP contribution in [0.3, 0.4) is 0 Å². The third-order valence-corrected chi connectivity index (χ3v) is 2.69. The van der Waals surface area contributed by atoms with Gasteiger partial charge in [-0.2, -0.15) is 0 Å². The molecule has 0 N–H and O–H groups in total. The molecule has 1 aliphatic carbocycles. The summed E-state index contributed by atoms with van der Waals surface area (Å²) in [5.41, 5.74) is -0.0705. The van der Waals surface area contributed by atoms with E-state index < -0.39 is 4.92 Å². The fourth-order valence-corrected chi connectivity index (χ4v) is 1.50. The summed E-state index contributed by atoms with van der Waals surface area (Å²) in [4.78, 5) is 21.5. The van der Waals surface area contributed by atoms with Crippen LogP contribution in [0.15, 0.2) is 24.3 Å². The minimum absolute atomic E-state index is 0. The Bertz CT molecular complexity index is 431. The molecule has 1 fully saturated rings. The first-order valence-electron chi connectivity index (χ1n) is 5.13. The molecule has 6 heteroatoms. The molecule has 0 spiro atoms. The van der Waals surface area contributed by atoms with Crippen molar-refractivity contribution < 1.29 is 14.5 Å². The highest BCUT2D eigenvalue weighted by atomic mass is 35.5. The third-order valence-electron chi connectivity index (χ3n) is 2.69. The molecule has 0 bridgehead atoms. The number of benzene rings is 1. The van der Waals surface area contributed by atoms with Crippen LogP contribution >= 0.6 is 12.4 Å². The summed E-state index contributed by atoms with van der Waals surface area (Å²) < 4.78 is 5.07. The smallest absolute Gasteiger partial charge is 0.314 e. The highest BCUT2D eigenvalue weighted by Gasteiger charge is 2.27. The largest absolute Gasteiger partial charge is 0.426 e. The molecule has 1 saturated carbocycles. The predicted octanol–water partition coefficient (Wildman–Crippen LogP) is 2.72. The van der Waals surface area contributed by atoms with E-state index in [1.165, 1.54) is 18.2 Å². The summed E-state index contributed by atoms with van der Waals surface area (Å²) in [6.07, 6.45) is 2.76. The Morgan fingerprint density at radius 2 is 2.12 bits per heavy atom. The van der Waals surface area contributed by atoms with Crippen molar-refractivity contribution in [2.75, 3.05) is 0 Å². The predicted molar refractivity (Wildman–Crippen MR) is 63.3 cm³/mol. The number of nitro benzene ring substituents is 1. The van der Waals surface area contributed by atoms with Gasteiger partial charge in [0, 0.05) is 6.07 Å². The van der Waals surface area contributed by atoms with Gasteiger partial charge in [-0.1, -0.05) is 12.5 Å². The van der Waals surface area contributed by atoms with E-state index in [9.17, 15) is 14.9 Å². The van der Waals surface area contributed by atoms with Crippen molar-refractivity contribution in [1.29, 1.82) is 0 Å². The fourth-order valence-electron chi connectivity index (χ4n) is 1.50. The molecule has 1 aromatic carbocycles. The average molecular weight is 258 g/mol. The molecule has 92 valence electrons. The fraction of sp³-hybridized carbons (Fsp3) is 0.364. The van der Waals surface area contributed by atoms with E-state index in [2.05, 4.69) is 0 Å². The van der Waals surface area contributed by atoms with Crippen LogP contribution in [0.25, 0.3) is 0 Å². The SMILES string of the molecule is Cl.O=C(Oc1cccc([N+](=O)[O-])c1)C1CCC1. The Morgan fingerprint density at radius 1 is 1.41 bits per heavy atom. The Kier molecular flexibility index (Phi) is 4.45. The van der Waals surface area contributed by atoms with Crippen LogP contribution in [0, 0.1) is 16.0 Å². The second-order valence-corrected chi connectivity index (χ2v) is 3.80. The summed E-state index contributed by atoms with van der Waals surface area (Å²) in [7, 11) is 0. The van der Waals surface area contributed by atoms with Crippen LogP contribution in [0.1, 0.15) is 19.3 Å². The average Bonchev–Trinajstić information content (AvgIpc) is 2.15. The molecule has 0 amide bonds. The van der Waals surface area contributed by atoms with E-state index in [4.69, 9.17) is 4.74 Å². The number of nitrogens with zero attached hydrogens (tertiary/aromatic N) is 1. The highest BCUT2D eigenvalue weighted by molar-refractivity contribution is 5.85. The van der Waals surface area contributed by atoms with E-state index in [1.54, 1.807) is 6.07 Å². The number of ether oxygens (including phenoxy) is 1. The Balaban J connectivity index is 0.00000144. The quantitative estimate of drug-likeness (QED) is 0.361. The maximum absolute atomic E-state index is 11.5. The first-order valence-corrected chi connectivity index (χ1v) is 5.13. The lowest BCUT2D eigenvalue weighted by atomic mass is 9.86. The second kappa shape index (κ2) is 5.63. The lowest BCUT2D eigenvalue weighted by Gasteiger charge is -2.22. The molecule has 0 aliphatic heterocycles. The van der Waals surface area contributed by atoms with E-state index in [0.717, 1.165) is 19.3 Å². The van der Waals surface area contributed by atoms with Gasteiger partial charge in [-0.25, -0.2) is 0 Å². The molecule has 0 radical (unpaired) electrons. The van der Waals surface area contributed by atoms with Crippen molar-refractivity contribution in [3.8, 4) is 5.75 Å². The summed E-state index contributed by atoms with van der Waals surface area (Å²) in [5, 5.41) is 10.5. The number of halogens is 1. The third kappa shape index (κ3) is 3.17. The van der Waals surface area contributed by atoms with Gasteiger partial charge in [0.1, 0.15) is 5.75 Å². The van der Waals surface area contributed by atoms with Crippen molar-refractivity contribution in [2.45, 2.75) is 19.3 Å². The maximum Gasteiger partial charge on any atom is 0.314 e. The van der Waals surface area contributed by atoms with Crippen molar-refractivity contribution >= 4 is 24.1 Å². The van der Waals surface area contributed by atoms with Crippen LogP contribution in [0.5, 0.6) is 5.75 Å². The van der Waals surface area contributed by atoms with Crippen molar-refractivity contribution in [3.63, 3.8) is 0 Å². The minimum atomic E-state index is -0.513. The molecule has 0 aromatic heterocycles. The number of carbonyl (C=O) groups excluding carboxylic acids is 1. The molecule has 0 unspecified atom stereocenters. The summed E-state index contributed by atoms with van der Waals surface area (Å²) in [6, 6.07) is 5.67. The van der Waals surface area contributed by atoms with Gasteiger partial charge in [0.25, 0.3) is 5.69 Å². The molecular formula is C11H12ClNO4. The van der Waals surface area contributed by atoms with Crippen LogP contribution < -0.4 is 4.74 Å². The van der Waals surface area contributed by atoms with Crippen molar-refractivity contribution in [2.24, 2.45) is 5.92 Å². The molecule has 17 heavy (non-hydrogen) atoms. The van der Waals surface area contributed by atoms with Crippen LogP contribution in [0.4, 0.5) is 5.69 Å². The molecule has 2 rings (SSSR count). The van der Waals surface area contributed by atoms with E-state index in [1.807, 2.05) is 0 Å². The zero-order chi connectivity index (χ0) is 11.5. The van der Waals surface area contributed by atoms with Crippen LogP contribution in [-0.2, 0) is 4.79 Å². The van der Waals surface area contributed by atoms with Gasteiger partial charge in [-0.05, 0) is 18.9 Å².